The van der Waals surface area contributed by atoms with Crippen LogP contribution >= 0.6 is 23.2 Å². The Balaban J connectivity index is 1.74. The third-order valence-corrected chi connectivity index (χ3v) is 8.63. The van der Waals surface area contributed by atoms with Crippen molar-refractivity contribution in [3.05, 3.63) is 62.6 Å². The Morgan fingerprint density at radius 1 is 1.10 bits per heavy atom. The Labute approximate surface area is 241 Å². The van der Waals surface area contributed by atoms with E-state index in [1.165, 1.54) is 25.1 Å². The molecule has 1 amide bonds. The van der Waals surface area contributed by atoms with Gasteiger partial charge in [-0.15, -0.1) is 0 Å². The van der Waals surface area contributed by atoms with Crippen LogP contribution in [-0.4, -0.2) is 49.6 Å². The number of benzene rings is 2. The van der Waals surface area contributed by atoms with E-state index in [1.54, 1.807) is 25.7 Å². The van der Waals surface area contributed by atoms with E-state index in [2.05, 4.69) is 5.32 Å². The molecule has 0 unspecified atom stereocenters. The minimum absolute atomic E-state index is 0.0245. The number of sulfone groups is 1. The van der Waals surface area contributed by atoms with E-state index in [-0.39, 0.29) is 68.8 Å². The summed E-state index contributed by atoms with van der Waals surface area (Å²) in [6.45, 7) is 7.16. The number of alkyl halides is 3. The van der Waals surface area contributed by atoms with Crippen LogP contribution in [0.4, 0.5) is 13.2 Å². The lowest BCUT2D eigenvalue weighted by Crippen LogP contribution is -2.47. The van der Waals surface area contributed by atoms with Gasteiger partial charge in [0.05, 0.1) is 22.6 Å². The zero-order chi connectivity index (χ0) is 30.0. The van der Waals surface area contributed by atoms with E-state index in [4.69, 9.17) is 27.9 Å². The Morgan fingerprint density at radius 2 is 1.75 bits per heavy atom. The van der Waals surface area contributed by atoms with Crippen LogP contribution in [-0.2, 0) is 38.6 Å². The summed E-state index contributed by atoms with van der Waals surface area (Å²) in [5, 5.41) is 2.48. The monoisotopic (exact) mass is 622 g/mol. The molecule has 2 aromatic rings. The van der Waals surface area contributed by atoms with E-state index in [9.17, 15) is 31.2 Å². The van der Waals surface area contributed by atoms with Crippen molar-refractivity contribution < 1.29 is 35.9 Å². The highest BCUT2D eigenvalue weighted by Gasteiger charge is 2.38. The molecule has 40 heavy (non-hydrogen) atoms. The molecule has 2 aromatic carbocycles. The van der Waals surface area contributed by atoms with Gasteiger partial charge in [-0.2, -0.15) is 13.2 Å². The van der Waals surface area contributed by atoms with Crippen molar-refractivity contribution in [2.24, 2.45) is 5.92 Å². The van der Waals surface area contributed by atoms with Crippen LogP contribution < -0.4 is 5.32 Å². The molecule has 1 aliphatic rings. The molecule has 220 valence electrons. The van der Waals surface area contributed by atoms with Gasteiger partial charge in [0.15, 0.2) is 9.84 Å². The number of carbonyl (C=O) groups excluding carboxylic acids is 2. The van der Waals surface area contributed by atoms with Crippen molar-refractivity contribution >= 4 is 44.9 Å². The van der Waals surface area contributed by atoms with Gasteiger partial charge in [-0.1, -0.05) is 30.1 Å². The fraction of sp³-hybridized carbons (Fsp3) is 0.481. The average molecular weight is 624 g/mol. The molecule has 0 bridgehead atoms. The van der Waals surface area contributed by atoms with Gasteiger partial charge >= 0.3 is 12.1 Å². The normalized spacial score (nSPS) is 15.0. The predicted molar refractivity (Wildman–Crippen MR) is 146 cm³/mol. The Morgan fingerprint density at radius 3 is 2.33 bits per heavy atom. The van der Waals surface area contributed by atoms with Gasteiger partial charge in [0.2, 0.25) is 0 Å². The van der Waals surface area contributed by atoms with Crippen molar-refractivity contribution in [1.29, 1.82) is 0 Å². The van der Waals surface area contributed by atoms with Crippen LogP contribution in [0.3, 0.4) is 0 Å². The first-order valence-electron chi connectivity index (χ1n) is 12.5. The molecule has 0 spiro atoms. The fourth-order valence-electron chi connectivity index (χ4n) is 4.38. The summed E-state index contributed by atoms with van der Waals surface area (Å²) in [6, 6.07) is 5.99. The number of hydrogen-bond donors (Lipinski definition) is 1. The first kappa shape index (κ1) is 32.2. The SMILES string of the molecule is CCS(=O)(=O)c1ccc(Cl)cc1CNC(=O)c1cc(Cl)c(CN2CC(CC(=O)OC(C)(C)C)C2)c(C(F)(F)F)c1. The summed E-state index contributed by atoms with van der Waals surface area (Å²) in [4.78, 5) is 26.6. The van der Waals surface area contributed by atoms with Gasteiger partial charge in [-0.05, 0) is 68.1 Å². The summed E-state index contributed by atoms with van der Waals surface area (Å²) in [5.41, 5.74) is -1.95. The third kappa shape index (κ3) is 8.34. The summed E-state index contributed by atoms with van der Waals surface area (Å²) in [5.74, 6) is -1.44. The first-order chi connectivity index (χ1) is 18.4. The zero-order valence-electron chi connectivity index (χ0n) is 22.5. The number of rotatable bonds is 9. The molecule has 1 N–H and O–H groups in total. The Bertz CT molecular complexity index is 1390. The zero-order valence-corrected chi connectivity index (χ0v) is 24.8. The number of nitrogens with zero attached hydrogens (tertiary/aromatic N) is 1. The molecule has 0 aromatic heterocycles. The van der Waals surface area contributed by atoms with Crippen LogP contribution in [0, 0.1) is 5.92 Å². The molecular formula is C27H31Cl2F3N2O5S. The lowest BCUT2D eigenvalue weighted by molar-refractivity contribution is -0.157. The molecule has 0 aliphatic carbocycles. The van der Waals surface area contributed by atoms with Crippen LogP contribution in [0.15, 0.2) is 35.2 Å². The Hall–Kier alpha value is -2.34. The van der Waals surface area contributed by atoms with E-state index >= 15 is 0 Å². The van der Waals surface area contributed by atoms with E-state index in [1.807, 2.05) is 0 Å². The smallest absolute Gasteiger partial charge is 0.416 e. The van der Waals surface area contributed by atoms with Crippen molar-refractivity contribution in [3.8, 4) is 0 Å². The van der Waals surface area contributed by atoms with Crippen LogP contribution in [0.25, 0.3) is 0 Å². The second-order valence-electron chi connectivity index (χ2n) is 10.7. The number of nitrogens with one attached hydrogen (secondary N) is 1. The first-order valence-corrected chi connectivity index (χ1v) is 14.9. The van der Waals surface area contributed by atoms with Crippen molar-refractivity contribution in [2.75, 3.05) is 18.8 Å². The number of hydrogen-bond acceptors (Lipinski definition) is 6. The number of halogens is 5. The molecule has 1 aliphatic heterocycles. The minimum Gasteiger partial charge on any atom is -0.460 e. The lowest BCUT2D eigenvalue weighted by atomic mass is 9.94. The maximum absolute atomic E-state index is 14.0. The third-order valence-electron chi connectivity index (χ3n) is 6.23. The summed E-state index contributed by atoms with van der Waals surface area (Å²) in [7, 11) is -3.63. The van der Waals surface area contributed by atoms with Gasteiger partial charge < -0.3 is 10.1 Å². The maximum Gasteiger partial charge on any atom is 0.416 e. The summed E-state index contributed by atoms with van der Waals surface area (Å²) >= 11 is 12.3. The molecule has 13 heteroatoms. The van der Waals surface area contributed by atoms with E-state index < -0.39 is 33.1 Å². The van der Waals surface area contributed by atoms with Crippen molar-refractivity contribution in [3.63, 3.8) is 0 Å². The van der Waals surface area contributed by atoms with Gasteiger partial charge in [0, 0.05) is 41.8 Å². The summed E-state index contributed by atoms with van der Waals surface area (Å²) in [6.07, 6.45) is -4.62. The lowest BCUT2D eigenvalue weighted by Gasteiger charge is -2.39. The average Bonchev–Trinajstić information content (AvgIpc) is 2.79. The van der Waals surface area contributed by atoms with E-state index in [0.717, 1.165) is 12.1 Å². The van der Waals surface area contributed by atoms with Crippen molar-refractivity contribution in [1.82, 2.24) is 10.2 Å². The quantitative estimate of drug-likeness (QED) is 0.350. The molecule has 7 nitrogen and oxygen atoms in total. The largest absolute Gasteiger partial charge is 0.460 e. The highest BCUT2D eigenvalue weighted by atomic mass is 35.5. The number of carbonyl (C=O) groups is 2. The number of esters is 1. The second-order valence-corrected chi connectivity index (χ2v) is 13.8. The van der Waals surface area contributed by atoms with Gasteiger partial charge in [-0.25, -0.2) is 8.42 Å². The fourth-order valence-corrected chi connectivity index (χ4v) is 5.97. The number of ether oxygens (including phenoxy) is 1. The molecule has 3 rings (SSSR count). The molecular weight excluding hydrogens is 592 g/mol. The van der Waals surface area contributed by atoms with Crippen LogP contribution in [0.2, 0.25) is 10.0 Å². The number of likely N-dealkylation sites (tertiary alicyclic amines) is 1. The number of amides is 1. The second kappa shape index (κ2) is 12.3. The molecule has 1 saturated heterocycles. The van der Waals surface area contributed by atoms with Gasteiger partial charge in [0.1, 0.15) is 5.60 Å². The Kier molecular flexibility index (Phi) is 9.86. The molecule has 1 fully saturated rings. The van der Waals surface area contributed by atoms with Gasteiger partial charge in [0.25, 0.3) is 5.91 Å². The molecule has 0 radical (unpaired) electrons. The highest BCUT2D eigenvalue weighted by molar-refractivity contribution is 7.91. The van der Waals surface area contributed by atoms with Crippen LogP contribution in [0.5, 0.6) is 0 Å². The predicted octanol–water partition coefficient (Wildman–Crippen LogP) is 5.90. The molecule has 1 heterocycles. The van der Waals surface area contributed by atoms with Crippen molar-refractivity contribution in [2.45, 2.75) is 63.9 Å². The molecule has 0 saturated carbocycles. The standard InChI is InChI=1S/C27H31Cl2F3N2O5S/c1-5-40(37,38)23-7-6-19(28)9-18(23)12-33-25(36)17-10-21(27(30,31)32)20(22(29)11-17)15-34-13-16(14-34)8-24(35)39-26(2,3)4/h6-7,9-11,16H,5,8,12-15H2,1-4H3,(H,33,36). The highest BCUT2D eigenvalue weighted by Crippen LogP contribution is 2.38. The maximum atomic E-state index is 14.0. The summed E-state index contributed by atoms with van der Waals surface area (Å²) < 4.78 is 72.2. The van der Waals surface area contributed by atoms with Crippen LogP contribution in [0.1, 0.15) is 61.2 Å². The van der Waals surface area contributed by atoms with E-state index in [0.29, 0.717) is 13.1 Å². The topological polar surface area (TPSA) is 92.8 Å². The molecule has 0 atom stereocenters. The minimum atomic E-state index is -4.79. The van der Waals surface area contributed by atoms with Gasteiger partial charge in [-0.3, -0.25) is 14.5 Å².